The standard InChI is InChI=1S/C21H17FN2O2S/c1-26-16-9-5-8-15(12-16)17-13-27-20-18(17)21(25)24(11-10-22)19(23-20)14-6-3-2-4-7-14/h2-9,12-13H,10-11H2,1H3. The topological polar surface area (TPSA) is 44.1 Å². The van der Waals surface area contributed by atoms with Gasteiger partial charge >= 0.3 is 0 Å². The van der Waals surface area contributed by atoms with E-state index in [2.05, 4.69) is 0 Å². The Kier molecular flexibility index (Phi) is 4.73. The van der Waals surface area contributed by atoms with E-state index in [1.54, 1.807) is 7.11 Å². The van der Waals surface area contributed by atoms with Gasteiger partial charge in [-0.15, -0.1) is 11.3 Å². The molecule has 136 valence electrons. The van der Waals surface area contributed by atoms with Crippen LogP contribution in [0.1, 0.15) is 0 Å². The van der Waals surface area contributed by atoms with E-state index in [0.29, 0.717) is 21.8 Å². The van der Waals surface area contributed by atoms with E-state index < -0.39 is 6.67 Å². The maximum Gasteiger partial charge on any atom is 0.263 e. The van der Waals surface area contributed by atoms with Gasteiger partial charge in [0.25, 0.3) is 5.56 Å². The maximum absolute atomic E-state index is 13.3. The van der Waals surface area contributed by atoms with Crippen LogP contribution in [0.15, 0.2) is 64.8 Å². The lowest BCUT2D eigenvalue weighted by Gasteiger charge is -2.11. The van der Waals surface area contributed by atoms with Gasteiger partial charge in [0.05, 0.1) is 19.0 Å². The van der Waals surface area contributed by atoms with E-state index in [9.17, 15) is 9.18 Å². The van der Waals surface area contributed by atoms with E-state index >= 15 is 0 Å². The van der Waals surface area contributed by atoms with Gasteiger partial charge in [0.15, 0.2) is 0 Å². The molecule has 0 bridgehead atoms. The van der Waals surface area contributed by atoms with Gasteiger partial charge in [-0.1, -0.05) is 42.5 Å². The number of ether oxygens (including phenoxy) is 1. The highest BCUT2D eigenvalue weighted by molar-refractivity contribution is 7.17. The fourth-order valence-electron chi connectivity index (χ4n) is 3.13. The SMILES string of the molecule is COc1cccc(-c2csc3nc(-c4ccccc4)n(CCF)c(=O)c23)c1. The second-order valence-electron chi connectivity index (χ2n) is 6.01. The highest BCUT2D eigenvalue weighted by atomic mass is 32.1. The van der Waals surface area contributed by atoms with Crippen LogP contribution in [0.25, 0.3) is 32.7 Å². The first-order chi connectivity index (χ1) is 13.2. The first kappa shape index (κ1) is 17.4. The molecule has 0 spiro atoms. The highest BCUT2D eigenvalue weighted by Gasteiger charge is 2.18. The molecule has 0 saturated carbocycles. The minimum Gasteiger partial charge on any atom is -0.497 e. The molecule has 4 rings (SSSR count). The summed E-state index contributed by atoms with van der Waals surface area (Å²) in [5.41, 5.74) is 2.23. The van der Waals surface area contributed by atoms with Crippen molar-refractivity contribution < 1.29 is 9.13 Å². The second kappa shape index (κ2) is 7.32. The number of methoxy groups -OCH3 is 1. The quantitative estimate of drug-likeness (QED) is 0.501. The normalized spacial score (nSPS) is 11.0. The molecule has 6 heteroatoms. The fraction of sp³-hybridized carbons (Fsp3) is 0.143. The van der Waals surface area contributed by atoms with Crippen LogP contribution in [0.3, 0.4) is 0 Å². The van der Waals surface area contributed by atoms with Crippen LogP contribution in [0.5, 0.6) is 5.75 Å². The Balaban J connectivity index is 1.98. The summed E-state index contributed by atoms with van der Waals surface area (Å²) >= 11 is 1.41. The number of thiophene rings is 1. The van der Waals surface area contributed by atoms with Crippen LogP contribution in [-0.2, 0) is 6.54 Å². The van der Waals surface area contributed by atoms with Crippen LogP contribution < -0.4 is 10.3 Å². The summed E-state index contributed by atoms with van der Waals surface area (Å²) in [4.78, 5) is 18.6. The third kappa shape index (κ3) is 3.13. The van der Waals surface area contributed by atoms with Crippen molar-refractivity contribution in [2.24, 2.45) is 0 Å². The molecule has 0 aliphatic rings. The summed E-state index contributed by atoms with van der Waals surface area (Å²) in [7, 11) is 1.60. The van der Waals surface area contributed by atoms with Gasteiger partial charge < -0.3 is 4.74 Å². The number of rotatable bonds is 5. The van der Waals surface area contributed by atoms with Gasteiger partial charge in [-0.3, -0.25) is 9.36 Å². The average Bonchev–Trinajstić information content (AvgIpc) is 3.15. The molecule has 2 heterocycles. The number of halogens is 1. The number of benzene rings is 2. The van der Waals surface area contributed by atoms with Crippen molar-refractivity contribution in [1.82, 2.24) is 9.55 Å². The Morgan fingerprint density at radius 3 is 2.63 bits per heavy atom. The molecule has 0 aliphatic heterocycles. The summed E-state index contributed by atoms with van der Waals surface area (Å²) in [5, 5.41) is 2.43. The summed E-state index contributed by atoms with van der Waals surface area (Å²) in [6.45, 7) is -0.662. The zero-order valence-electron chi connectivity index (χ0n) is 14.7. The molecule has 4 nitrogen and oxygen atoms in total. The first-order valence-corrected chi connectivity index (χ1v) is 9.38. The van der Waals surface area contributed by atoms with Crippen molar-refractivity contribution in [2.45, 2.75) is 6.54 Å². The van der Waals surface area contributed by atoms with Gasteiger partial charge in [0.2, 0.25) is 0 Å². The number of hydrogen-bond acceptors (Lipinski definition) is 4. The van der Waals surface area contributed by atoms with Crippen LogP contribution in [0.4, 0.5) is 4.39 Å². The molecule has 0 amide bonds. The van der Waals surface area contributed by atoms with Gasteiger partial charge in [-0.25, -0.2) is 9.37 Å². The Bertz CT molecular complexity index is 1150. The molecule has 27 heavy (non-hydrogen) atoms. The lowest BCUT2D eigenvalue weighted by atomic mass is 10.1. The smallest absolute Gasteiger partial charge is 0.263 e. The molecule has 0 radical (unpaired) electrons. The van der Waals surface area contributed by atoms with Crippen molar-refractivity contribution in [3.8, 4) is 28.3 Å². The van der Waals surface area contributed by atoms with Crippen molar-refractivity contribution in [1.29, 1.82) is 0 Å². The minimum atomic E-state index is -0.633. The summed E-state index contributed by atoms with van der Waals surface area (Å²) in [6, 6.07) is 16.9. The molecule has 0 saturated heterocycles. The zero-order valence-corrected chi connectivity index (χ0v) is 15.5. The van der Waals surface area contributed by atoms with Crippen LogP contribution in [0.2, 0.25) is 0 Å². The molecule has 0 aliphatic carbocycles. The predicted molar refractivity (Wildman–Crippen MR) is 107 cm³/mol. The summed E-state index contributed by atoms with van der Waals surface area (Å²) in [6.07, 6.45) is 0. The van der Waals surface area contributed by atoms with Crippen molar-refractivity contribution in [3.05, 3.63) is 70.3 Å². The van der Waals surface area contributed by atoms with E-state index in [-0.39, 0.29) is 12.1 Å². The first-order valence-electron chi connectivity index (χ1n) is 8.50. The third-order valence-electron chi connectivity index (χ3n) is 4.41. The molecule has 0 atom stereocenters. The number of alkyl halides is 1. The van der Waals surface area contributed by atoms with Gasteiger partial charge in [-0.2, -0.15) is 0 Å². The molecule has 0 fully saturated rings. The summed E-state index contributed by atoms with van der Waals surface area (Å²) < 4.78 is 19.9. The number of aromatic nitrogens is 2. The average molecular weight is 380 g/mol. The molecule has 2 aromatic heterocycles. The van der Waals surface area contributed by atoms with Gasteiger partial charge in [0.1, 0.15) is 23.1 Å². The third-order valence-corrected chi connectivity index (χ3v) is 5.29. The Labute approximate surface area is 159 Å². The molecule has 4 aromatic rings. The molecular weight excluding hydrogens is 363 g/mol. The predicted octanol–water partition coefficient (Wildman–Crippen LogP) is 4.77. The molecule has 2 aromatic carbocycles. The van der Waals surface area contributed by atoms with E-state index in [4.69, 9.17) is 9.72 Å². The minimum absolute atomic E-state index is 0.0284. The lowest BCUT2D eigenvalue weighted by Crippen LogP contribution is -2.24. The van der Waals surface area contributed by atoms with Crippen molar-refractivity contribution in [3.63, 3.8) is 0 Å². The number of nitrogens with zero attached hydrogens (tertiary/aromatic N) is 2. The van der Waals surface area contributed by atoms with Crippen LogP contribution in [0, 0.1) is 0 Å². The fourth-order valence-corrected chi connectivity index (χ4v) is 4.06. The van der Waals surface area contributed by atoms with Crippen molar-refractivity contribution >= 4 is 21.6 Å². The Hall–Kier alpha value is -2.99. The zero-order chi connectivity index (χ0) is 18.8. The number of fused-ring (bicyclic) bond motifs is 1. The van der Waals surface area contributed by atoms with Crippen molar-refractivity contribution in [2.75, 3.05) is 13.8 Å². The molecule has 0 N–H and O–H groups in total. The Morgan fingerprint density at radius 1 is 1.11 bits per heavy atom. The molecular formula is C21H17FN2O2S. The van der Waals surface area contributed by atoms with Gasteiger partial charge in [0, 0.05) is 16.5 Å². The monoisotopic (exact) mass is 380 g/mol. The highest BCUT2D eigenvalue weighted by Crippen LogP contribution is 2.33. The van der Waals surface area contributed by atoms with Crippen LogP contribution in [-0.4, -0.2) is 23.3 Å². The van der Waals surface area contributed by atoms with E-state index in [0.717, 1.165) is 16.7 Å². The van der Waals surface area contributed by atoms with Gasteiger partial charge in [-0.05, 0) is 17.7 Å². The second-order valence-corrected chi connectivity index (χ2v) is 6.87. The molecule has 0 unspecified atom stereocenters. The Morgan fingerprint density at radius 2 is 1.89 bits per heavy atom. The lowest BCUT2D eigenvalue weighted by molar-refractivity contribution is 0.415. The maximum atomic E-state index is 13.3. The van der Waals surface area contributed by atoms with Crippen LogP contribution >= 0.6 is 11.3 Å². The number of hydrogen-bond donors (Lipinski definition) is 0. The van der Waals surface area contributed by atoms with E-state index in [1.165, 1.54) is 15.9 Å². The largest absolute Gasteiger partial charge is 0.497 e. The van der Waals surface area contributed by atoms with E-state index in [1.807, 2.05) is 60.0 Å². The summed E-state index contributed by atoms with van der Waals surface area (Å²) in [5.74, 6) is 1.20.